The van der Waals surface area contributed by atoms with E-state index >= 15 is 0 Å². The highest BCUT2D eigenvalue weighted by Crippen LogP contribution is 2.34. The van der Waals surface area contributed by atoms with Crippen molar-refractivity contribution in [2.45, 2.75) is 55.9 Å². The van der Waals surface area contributed by atoms with E-state index in [9.17, 15) is 15.0 Å². The third-order valence-corrected chi connectivity index (χ3v) is 5.24. The molecule has 0 spiro atoms. The van der Waals surface area contributed by atoms with Crippen LogP contribution >= 0.6 is 0 Å². The van der Waals surface area contributed by atoms with Crippen molar-refractivity contribution in [3.8, 4) is 0 Å². The molecule has 1 saturated heterocycles. The average Bonchev–Trinajstić information content (AvgIpc) is 3.26. The maximum Gasteiger partial charge on any atom is 0.320 e. The number of aliphatic hydroxyl groups is 2. The molecule has 10 N–H and O–H groups in total. The number of hydrogen-bond acceptors (Lipinski definition) is 11. The van der Waals surface area contributed by atoms with Gasteiger partial charge in [-0.2, -0.15) is 0 Å². The molecule has 0 radical (unpaired) electrons. The van der Waals surface area contributed by atoms with Crippen molar-refractivity contribution >= 4 is 23.0 Å². The molecule has 1 unspecified atom stereocenters. The van der Waals surface area contributed by atoms with E-state index in [2.05, 4.69) is 20.3 Å². The van der Waals surface area contributed by atoms with Gasteiger partial charge in [0.05, 0.1) is 12.4 Å². The lowest BCUT2D eigenvalue weighted by molar-refractivity contribution is -0.138. The minimum atomic E-state index is -1.22. The van der Waals surface area contributed by atoms with Gasteiger partial charge in [0, 0.05) is 19.1 Å². The van der Waals surface area contributed by atoms with Crippen LogP contribution in [0.15, 0.2) is 12.7 Å². The molecule has 0 bridgehead atoms. The van der Waals surface area contributed by atoms with Gasteiger partial charge in [0.2, 0.25) is 0 Å². The molecule has 13 nitrogen and oxygen atoms in total. The maximum absolute atomic E-state index is 11.0. The van der Waals surface area contributed by atoms with Crippen molar-refractivity contribution in [1.29, 1.82) is 0 Å². The summed E-state index contributed by atoms with van der Waals surface area (Å²) in [6, 6.07) is -1.19. The second-order valence-corrected chi connectivity index (χ2v) is 7.33. The van der Waals surface area contributed by atoms with Gasteiger partial charge in [-0.25, -0.2) is 15.0 Å². The number of aliphatic carboxylic acids is 1. The Bertz CT molecular complexity index is 864. The molecule has 3 rings (SSSR count). The van der Waals surface area contributed by atoms with E-state index in [1.165, 1.54) is 17.2 Å². The third-order valence-electron chi connectivity index (χ3n) is 5.24. The summed E-state index contributed by atoms with van der Waals surface area (Å²) in [7, 11) is 0. The predicted molar refractivity (Wildman–Crippen MR) is 106 cm³/mol. The van der Waals surface area contributed by atoms with Gasteiger partial charge in [-0.15, -0.1) is 0 Å². The van der Waals surface area contributed by atoms with Crippen LogP contribution in [0.1, 0.15) is 25.5 Å². The molecule has 1 fully saturated rings. The molecule has 0 aromatic carbocycles. The van der Waals surface area contributed by atoms with Gasteiger partial charge in [-0.1, -0.05) is 0 Å². The van der Waals surface area contributed by atoms with Crippen LogP contribution in [0, 0.1) is 0 Å². The van der Waals surface area contributed by atoms with Crippen LogP contribution in [0.4, 0.5) is 5.82 Å². The molecule has 1 aliphatic rings. The average molecular weight is 424 g/mol. The number of carboxylic acid groups (broad SMARTS) is 1. The minimum Gasteiger partial charge on any atom is -0.480 e. The van der Waals surface area contributed by atoms with Crippen molar-refractivity contribution in [3.63, 3.8) is 0 Å². The first-order chi connectivity index (χ1) is 14.3. The summed E-state index contributed by atoms with van der Waals surface area (Å²) < 4.78 is 7.45. The van der Waals surface area contributed by atoms with Crippen LogP contribution in [-0.2, 0) is 9.53 Å². The summed E-state index contributed by atoms with van der Waals surface area (Å²) in [5, 5.41) is 33.3. The number of anilines is 1. The van der Waals surface area contributed by atoms with Gasteiger partial charge in [0.25, 0.3) is 0 Å². The van der Waals surface area contributed by atoms with Crippen LogP contribution in [0.25, 0.3) is 11.2 Å². The minimum absolute atomic E-state index is 0.198. The first kappa shape index (κ1) is 22.3. The Labute approximate surface area is 172 Å². The van der Waals surface area contributed by atoms with Crippen molar-refractivity contribution in [2.75, 3.05) is 18.8 Å². The fourth-order valence-electron chi connectivity index (χ4n) is 3.59. The number of carbonyl (C=O) groups is 1. The van der Waals surface area contributed by atoms with Crippen LogP contribution in [-0.4, -0.2) is 84.3 Å². The number of hydrogen-bond donors (Lipinski definition) is 7. The summed E-state index contributed by atoms with van der Waals surface area (Å²) in [6.45, 7) is 0.896. The van der Waals surface area contributed by atoms with Crippen LogP contribution in [0.2, 0.25) is 0 Å². The Hall–Kier alpha value is -2.42. The highest BCUT2D eigenvalue weighted by Gasteiger charge is 2.45. The molecule has 13 heteroatoms. The van der Waals surface area contributed by atoms with Gasteiger partial charge in [0.1, 0.15) is 30.1 Å². The number of fused-ring (bicyclic) bond motifs is 1. The summed E-state index contributed by atoms with van der Waals surface area (Å²) in [6.07, 6.45) is -0.295. The Balaban J connectivity index is 1.72. The lowest BCUT2D eigenvalue weighted by Gasteiger charge is -2.24. The number of rotatable bonds is 10. The van der Waals surface area contributed by atoms with Crippen LogP contribution in [0.5, 0.6) is 0 Å². The fourth-order valence-corrected chi connectivity index (χ4v) is 3.59. The van der Waals surface area contributed by atoms with Crippen LogP contribution in [0.3, 0.4) is 0 Å². The number of nitrogens with two attached hydrogens (primary N) is 3. The quantitative estimate of drug-likeness (QED) is 0.211. The smallest absolute Gasteiger partial charge is 0.320 e. The number of nitrogen functional groups attached to an aromatic ring is 1. The first-order valence-corrected chi connectivity index (χ1v) is 9.70. The monoisotopic (exact) mass is 424 g/mol. The highest BCUT2D eigenvalue weighted by atomic mass is 16.6. The second-order valence-electron chi connectivity index (χ2n) is 7.33. The number of ether oxygens (including phenoxy) is 1. The Morgan fingerprint density at radius 1 is 1.27 bits per heavy atom. The number of aliphatic hydroxyl groups excluding tert-OH is 2. The first-order valence-electron chi connectivity index (χ1n) is 9.70. The SMILES string of the molecule is NCCN[C@@H](CC[C@H](N)C(=O)O)C[C@H]1O[C@@H](n2cnc3c(N)ncnc32)[C@@H](O)C1O. The lowest BCUT2D eigenvalue weighted by Crippen LogP contribution is -2.41. The molecule has 2 aromatic heterocycles. The number of nitrogens with zero attached hydrogens (tertiary/aromatic N) is 4. The van der Waals surface area contributed by atoms with Gasteiger partial charge in [0.15, 0.2) is 17.7 Å². The van der Waals surface area contributed by atoms with Crippen molar-refractivity contribution in [3.05, 3.63) is 12.7 Å². The van der Waals surface area contributed by atoms with E-state index in [1.807, 2.05) is 0 Å². The van der Waals surface area contributed by atoms with E-state index in [1.54, 1.807) is 0 Å². The molecule has 0 saturated carbocycles. The summed E-state index contributed by atoms with van der Waals surface area (Å²) in [4.78, 5) is 23.2. The normalized spacial score (nSPS) is 26.1. The zero-order valence-electron chi connectivity index (χ0n) is 16.3. The molecule has 30 heavy (non-hydrogen) atoms. The predicted octanol–water partition coefficient (Wildman–Crippen LogP) is -2.47. The second kappa shape index (κ2) is 9.59. The molecule has 166 valence electrons. The van der Waals surface area contributed by atoms with E-state index < -0.39 is 36.6 Å². The zero-order chi connectivity index (χ0) is 21.8. The number of carboxylic acids is 1. The van der Waals surface area contributed by atoms with E-state index in [0.29, 0.717) is 37.1 Å². The molecule has 0 aliphatic carbocycles. The van der Waals surface area contributed by atoms with E-state index in [-0.39, 0.29) is 18.3 Å². The van der Waals surface area contributed by atoms with Crippen molar-refractivity contribution in [2.24, 2.45) is 11.5 Å². The van der Waals surface area contributed by atoms with E-state index in [0.717, 1.165) is 0 Å². The van der Waals surface area contributed by atoms with Gasteiger partial charge >= 0.3 is 5.97 Å². The Morgan fingerprint density at radius 2 is 2.03 bits per heavy atom. The van der Waals surface area contributed by atoms with Gasteiger partial charge in [-0.05, 0) is 19.3 Å². The molecule has 1 aliphatic heterocycles. The molecule has 2 aromatic rings. The summed E-state index contributed by atoms with van der Waals surface area (Å²) in [5.74, 6) is -0.877. The molecule has 0 amide bonds. The van der Waals surface area contributed by atoms with E-state index in [4.69, 9.17) is 27.0 Å². The zero-order valence-corrected chi connectivity index (χ0v) is 16.3. The molecular formula is C17H28N8O5. The summed E-state index contributed by atoms with van der Waals surface area (Å²) in [5.41, 5.74) is 17.7. The number of imidazole rings is 1. The van der Waals surface area contributed by atoms with Gasteiger partial charge in [-0.3, -0.25) is 9.36 Å². The maximum atomic E-state index is 11.0. The van der Waals surface area contributed by atoms with Crippen molar-refractivity contribution in [1.82, 2.24) is 24.8 Å². The molecular weight excluding hydrogens is 396 g/mol. The van der Waals surface area contributed by atoms with Crippen molar-refractivity contribution < 1.29 is 24.9 Å². The summed E-state index contributed by atoms with van der Waals surface area (Å²) >= 11 is 0. The van der Waals surface area contributed by atoms with Gasteiger partial charge < -0.3 is 42.6 Å². The fraction of sp³-hybridized carbons (Fsp3) is 0.647. The van der Waals surface area contributed by atoms with Crippen LogP contribution < -0.4 is 22.5 Å². The standard InChI is InChI=1S/C17H28N8O5/c18-3-4-21-8(1-2-9(19)17(28)29)5-10-12(26)13(27)16(30-10)25-7-24-11-14(20)22-6-23-15(11)25/h6-10,12-13,16,21,26-27H,1-5,18-19H2,(H,28,29)(H2,20,22,23)/t8-,9-,10+,12?,13-,16+/m0/s1. The molecule has 3 heterocycles. The highest BCUT2D eigenvalue weighted by molar-refractivity contribution is 5.81. The number of nitrogens with one attached hydrogen (secondary N) is 1. The number of aromatic nitrogens is 4. The Kier molecular flexibility index (Phi) is 7.12. The lowest BCUT2D eigenvalue weighted by atomic mass is 9.98. The molecule has 6 atom stereocenters. The third kappa shape index (κ3) is 4.66. The Morgan fingerprint density at radius 3 is 2.73 bits per heavy atom. The topological polar surface area (TPSA) is 221 Å². The largest absolute Gasteiger partial charge is 0.480 e.